The number of nitrogens with one attached hydrogen (secondary N) is 2. The van der Waals surface area contributed by atoms with Crippen LogP contribution in [0.1, 0.15) is 23.7 Å². The largest absolute Gasteiger partial charge is 0.478 e. The molecule has 94 valence electrons. The molecule has 1 aromatic rings. The maximum atomic E-state index is 11.5. The molecule has 0 saturated carbocycles. The van der Waals surface area contributed by atoms with Crippen LogP contribution in [0.3, 0.4) is 0 Å². The minimum atomic E-state index is -1.10. The van der Waals surface area contributed by atoms with E-state index in [1.165, 1.54) is 18.5 Å². The second-order valence-electron chi connectivity index (χ2n) is 3.68. The van der Waals surface area contributed by atoms with E-state index in [1.807, 2.05) is 0 Å². The number of rotatable bonds is 4. The molecule has 1 heterocycles. The van der Waals surface area contributed by atoms with Gasteiger partial charge in [0.1, 0.15) is 0 Å². The summed E-state index contributed by atoms with van der Waals surface area (Å²) in [6, 6.07) is 0.702. The van der Waals surface area contributed by atoms with Gasteiger partial charge in [0.15, 0.2) is 0 Å². The SMILES string of the molecule is C#CCC(C)NC(=O)Nc1cncc(C(=O)O)c1. The molecule has 0 radical (unpaired) electrons. The summed E-state index contributed by atoms with van der Waals surface area (Å²) in [6.07, 6.45) is 8.09. The Kier molecular flexibility index (Phi) is 4.69. The highest BCUT2D eigenvalue weighted by Crippen LogP contribution is 2.08. The Morgan fingerprint density at radius 3 is 2.89 bits per heavy atom. The zero-order valence-corrected chi connectivity index (χ0v) is 9.80. The van der Waals surface area contributed by atoms with Gasteiger partial charge in [-0.25, -0.2) is 9.59 Å². The molecule has 0 saturated heterocycles. The monoisotopic (exact) mass is 247 g/mol. The van der Waals surface area contributed by atoms with Crippen LogP contribution in [0.5, 0.6) is 0 Å². The first-order valence-corrected chi connectivity index (χ1v) is 5.22. The third kappa shape index (κ3) is 4.14. The van der Waals surface area contributed by atoms with Crippen molar-refractivity contribution in [2.75, 3.05) is 5.32 Å². The van der Waals surface area contributed by atoms with Gasteiger partial charge < -0.3 is 15.7 Å². The molecule has 0 bridgehead atoms. The summed E-state index contributed by atoms with van der Waals surface area (Å²) in [4.78, 5) is 25.9. The van der Waals surface area contributed by atoms with Gasteiger partial charge in [0, 0.05) is 18.7 Å². The number of urea groups is 1. The highest BCUT2D eigenvalue weighted by atomic mass is 16.4. The third-order valence-corrected chi connectivity index (χ3v) is 2.04. The second kappa shape index (κ2) is 6.25. The number of hydrogen-bond donors (Lipinski definition) is 3. The van der Waals surface area contributed by atoms with Crippen LogP contribution in [0.15, 0.2) is 18.5 Å². The van der Waals surface area contributed by atoms with Gasteiger partial charge in [-0.05, 0) is 13.0 Å². The van der Waals surface area contributed by atoms with Gasteiger partial charge in [0.2, 0.25) is 0 Å². The van der Waals surface area contributed by atoms with E-state index < -0.39 is 12.0 Å². The number of aromatic nitrogens is 1. The van der Waals surface area contributed by atoms with E-state index in [9.17, 15) is 9.59 Å². The number of hydrogen-bond acceptors (Lipinski definition) is 3. The van der Waals surface area contributed by atoms with E-state index >= 15 is 0 Å². The van der Waals surface area contributed by atoms with E-state index in [2.05, 4.69) is 21.5 Å². The Morgan fingerprint density at radius 1 is 1.56 bits per heavy atom. The van der Waals surface area contributed by atoms with Crippen molar-refractivity contribution >= 4 is 17.7 Å². The van der Waals surface area contributed by atoms with Crippen LogP contribution < -0.4 is 10.6 Å². The van der Waals surface area contributed by atoms with Crippen LogP contribution in [0.4, 0.5) is 10.5 Å². The number of carboxylic acids is 1. The zero-order chi connectivity index (χ0) is 13.5. The molecule has 6 heteroatoms. The first kappa shape index (κ1) is 13.5. The minimum Gasteiger partial charge on any atom is -0.478 e. The fraction of sp³-hybridized carbons (Fsp3) is 0.250. The number of aromatic carboxylic acids is 1. The molecular formula is C12H13N3O3. The van der Waals surface area contributed by atoms with Crippen LogP contribution in [-0.2, 0) is 0 Å². The minimum absolute atomic E-state index is 0.00414. The first-order chi connectivity index (χ1) is 8.52. The van der Waals surface area contributed by atoms with Crippen molar-refractivity contribution in [3.8, 4) is 12.3 Å². The summed E-state index contributed by atoms with van der Waals surface area (Å²) < 4.78 is 0. The van der Waals surface area contributed by atoms with E-state index in [1.54, 1.807) is 6.92 Å². The Morgan fingerprint density at radius 2 is 2.28 bits per heavy atom. The van der Waals surface area contributed by atoms with E-state index in [0.717, 1.165) is 0 Å². The fourth-order valence-corrected chi connectivity index (χ4v) is 1.24. The number of carboxylic acid groups (broad SMARTS) is 1. The lowest BCUT2D eigenvalue weighted by molar-refractivity contribution is 0.0696. The van der Waals surface area contributed by atoms with Crippen LogP contribution in [0, 0.1) is 12.3 Å². The van der Waals surface area contributed by atoms with Gasteiger partial charge in [0.25, 0.3) is 0 Å². The predicted octanol–water partition coefficient (Wildman–Crippen LogP) is 1.31. The molecule has 0 aromatic carbocycles. The summed E-state index contributed by atoms with van der Waals surface area (Å²) in [5.74, 6) is 1.32. The van der Waals surface area contributed by atoms with Crippen LogP contribution in [-0.4, -0.2) is 28.1 Å². The summed E-state index contributed by atoms with van der Waals surface area (Å²) >= 11 is 0. The molecule has 1 atom stereocenters. The average molecular weight is 247 g/mol. The molecule has 3 N–H and O–H groups in total. The van der Waals surface area contributed by atoms with Gasteiger partial charge in [-0.2, -0.15) is 0 Å². The lowest BCUT2D eigenvalue weighted by Gasteiger charge is -2.12. The van der Waals surface area contributed by atoms with Gasteiger partial charge in [-0.3, -0.25) is 4.98 Å². The number of pyridine rings is 1. The molecular weight excluding hydrogens is 234 g/mol. The van der Waals surface area contributed by atoms with Gasteiger partial charge >= 0.3 is 12.0 Å². The maximum absolute atomic E-state index is 11.5. The standard InChI is InChI=1S/C12H13N3O3/c1-3-4-8(2)14-12(18)15-10-5-9(11(16)17)6-13-7-10/h1,5-8H,4H2,2H3,(H,16,17)(H2,14,15,18). The van der Waals surface area contributed by atoms with Gasteiger partial charge in [-0.15, -0.1) is 12.3 Å². The van der Waals surface area contributed by atoms with E-state index in [0.29, 0.717) is 12.1 Å². The Labute approximate surface area is 104 Å². The van der Waals surface area contributed by atoms with Crippen molar-refractivity contribution in [2.45, 2.75) is 19.4 Å². The Balaban J connectivity index is 2.62. The molecule has 18 heavy (non-hydrogen) atoms. The number of nitrogens with zero attached hydrogens (tertiary/aromatic N) is 1. The zero-order valence-electron chi connectivity index (χ0n) is 9.80. The van der Waals surface area contributed by atoms with Crippen molar-refractivity contribution < 1.29 is 14.7 Å². The van der Waals surface area contributed by atoms with Gasteiger partial charge in [-0.1, -0.05) is 0 Å². The second-order valence-corrected chi connectivity index (χ2v) is 3.68. The number of anilines is 1. The Bertz CT molecular complexity index is 494. The number of carbonyl (C=O) groups excluding carboxylic acids is 1. The molecule has 0 aliphatic carbocycles. The van der Waals surface area contributed by atoms with Crippen molar-refractivity contribution in [1.29, 1.82) is 0 Å². The molecule has 1 unspecified atom stereocenters. The lowest BCUT2D eigenvalue weighted by atomic mass is 10.2. The molecule has 1 aromatic heterocycles. The maximum Gasteiger partial charge on any atom is 0.337 e. The summed E-state index contributed by atoms with van der Waals surface area (Å²) in [6.45, 7) is 1.77. The van der Waals surface area contributed by atoms with Crippen molar-refractivity contribution in [3.63, 3.8) is 0 Å². The van der Waals surface area contributed by atoms with Crippen LogP contribution in [0.25, 0.3) is 0 Å². The Hall–Kier alpha value is -2.55. The van der Waals surface area contributed by atoms with Gasteiger partial charge in [0.05, 0.1) is 17.4 Å². The molecule has 1 rings (SSSR count). The molecule has 0 aliphatic heterocycles. The molecule has 0 spiro atoms. The molecule has 0 fully saturated rings. The summed E-state index contributed by atoms with van der Waals surface area (Å²) in [5, 5.41) is 13.9. The average Bonchev–Trinajstić information content (AvgIpc) is 2.29. The van der Waals surface area contributed by atoms with Crippen LogP contribution in [0.2, 0.25) is 0 Å². The van der Waals surface area contributed by atoms with E-state index in [4.69, 9.17) is 11.5 Å². The summed E-state index contributed by atoms with van der Waals surface area (Å²) in [7, 11) is 0. The highest BCUT2D eigenvalue weighted by molar-refractivity contribution is 5.92. The first-order valence-electron chi connectivity index (χ1n) is 5.22. The topological polar surface area (TPSA) is 91.3 Å². The molecule has 2 amide bonds. The van der Waals surface area contributed by atoms with Crippen LogP contribution >= 0.6 is 0 Å². The smallest absolute Gasteiger partial charge is 0.337 e. The fourth-order valence-electron chi connectivity index (χ4n) is 1.24. The van der Waals surface area contributed by atoms with Crippen molar-refractivity contribution in [1.82, 2.24) is 10.3 Å². The third-order valence-electron chi connectivity index (χ3n) is 2.04. The normalized spacial score (nSPS) is 11.1. The van der Waals surface area contributed by atoms with Crippen molar-refractivity contribution in [3.05, 3.63) is 24.0 Å². The summed E-state index contributed by atoms with van der Waals surface area (Å²) in [5.41, 5.74) is 0.310. The highest BCUT2D eigenvalue weighted by Gasteiger charge is 2.08. The number of carbonyl (C=O) groups is 2. The predicted molar refractivity (Wildman–Crippen MR) is 66.3 cm³/mol. The van der Waals surface area contributed by atoms with Crippen molar-refractivity contribution in [2.24, 2.45) is 0 Å². The number of terminal acetylenes is 1. The van der Waals surface area contributed by atoms with E-state index in [-0.39, 0.29) is 11.6 Å². The lowest BCUT2D eigenvalue weighted by Crippen LogP contribution is -2.35. The molecule has 0 aliphatic rings. The number of amides is 2. The molecule has 6 nitrogen and oxygen atoms in total. The quantitative estimate of drug-likeness (QED) is 0.699.